The van der Waals surface area contributed by atoms with Crippen LogP contribution in [0.1, 0.15) is 30.6 Å². The zero-order valence-corrected chi connectivity index (χ0v) is 11.6. The summed E-state index contributed by atoms with van der Waals surface area (Å²) in [6, 6.07) is 1.98. The molecule has 0 aliphatic heterocycles. The van der Waals surface area contributed by atoms with Gasteiger partial charge in [0.1, 0.15) is 6.04 Å². The normalized spacial score (nSPS) is 12.1. The molecule has 0 heterocycles. The minimum atomic E-state index is -1.11. The fourth-order valence-corrected chi connectivity index (χ4v) is 1.71. The third-order valence-corrected chi connectivity index (χ3v) is 2.68. The highest BCUT2D eigenvalue weighted by Crippen LogP contribution is 2.11. The van der Waals surface area contributed by atoms with Crippen molar-refractivity contribution in [1.29, 1.82) is 0 Å². The number of benzene rings is 1. The summed E-state index contributed by atoms with van der Waals surface area (Å²) in [6.45, 7) is 3.78. The van der Waals surface area contributed by atoms with Gasteiger partial charge in [0.2, 0.25) is 0 Å². The van der Waals surface area contributed by atoms with Gasteiger partial charge >= 0.3 is 5.97 Å². The highest BCUT2D eigenvalue weighted by atomic mass is 19.2. The second kappa shape index (κ2) is 6.98. The van der Waals surface area contributed by atoms with Crippen LogP contribution in [0.3, 0.4) is 0 Å². The molecule has 0 saturated heterocycles. The van der Waals surface area contributed by atoms with E-state index >= 15 is 0 Å². The van der Waals surface area contributed by atoms with Gasteiger partial charge in [0.05, 0.1) is 7.11 Å². The molecule has 1 amide bonds. The van der Waals surface area contributed by atoms with Crippen molar-refractivity contribution in [2.75, 3.05) is 7.11 Å². The van der Waals surface area contributed by atoms with E-state index in [4.69, 9.17) is 0 Å². The molecule has 0 bridgehead atoms. The van der Waals surface area contributed by atoms with Gasteiger partial charge in [-0.3, -0.25) is 4.79 Å². The number of hydrogen-bond acceptors (Lipinski definition) is 3. The van der Waals surface area contributed by atoms with Crippen molar-refractivity contribution in [2.24, 2.45) is 5.92 Å². The topological polar surface area (TPSA) is 55.4 Å². The van der Waals surface area contributed by atoms with Gasteiger partial charge in [-0.05, 0) is 30.5 Å². The molecule has 0 saturated carbocycles. The van der Waals surface area contributed by atoms with E-state index in [1.54, 1.807) is 0 Å². The number of carbonyl (C=O) groups excluding carboxylic acids is 2. The fourth-order valence-electron chi connectivity index (χ4n) is 1.71. The first-order valence-corrected chi connectivity index (χ1v) is 6.19. The molecule has 1 rings (SSSR count). The number of esters is 1. The highest BCUT2D eigenvalue weighted by Gasteiger charge is 2.23. The van der Waals surface area contributed by atoms with Crippen molar-refractivity contribution < 1.29 is 23.1 Å². The minimum absolute atomic E-state index is 0.0541. The Morgan fingerprint density at radius 3 is 2.40 bits per heavy atom. The van der Waals surface area contributed by atoms with E-state index in [0.29, 0.717) is 6.42 Å². The molecular formula is C14H17F2NO3. The number of amides is 1. The summed E-state index contributed by atoms with van der Waals surface area (Å²) in [5.41, 5.74) is -0.0541. The Balaban J connectivity index is 2.84. The molecule has 0 radical (unpaired) electrons. The quantitative estimate of drug-likeness (QED) is 0.844. The lowest BCUT2D eigenvalue weighted by Crippen LogP contribution is -2.42. The maximum atomic E-state index is 13.1. The molecule has 4 nitrogen and oxygen atoms in total. The summed E-state index contributed by atoms with van der Waals surface area (Å²) in [7, 11) is 1.22. The Hall–Kier alpha value is -1.98. The lowest BCUT2D eigenvalue weighted by atomic mass is 10.0. The average molecular weight is 285 g/mol. The van der Waals surface area contributed by atoms with Crippen LogP contribution in [0, 0.1) is 17.6 Å². The first-order valence-electron chi connectivity index (χ1n) is 6.19. The van der Waals surface area contributed by atoms with E-state index in [0.717, 1.165) is 18.2 Å². The molecule has 0 aliphatic carbocycles. The fraction of sp³-hybridized carbons (Fsp3) is 0.429. The maximum absolute atomic E-state index is 13.1. The molecule has 0 fully saturated rings. The van der Waals surface area contributed by atoms with Gasteiger partial charge in [-0.2, -0.15) is 0 Å². The van der Waals surface area contributed by atoms with Gasteiger partial charge in [-0.25, -0.2) is 13.6 Å². The van der Waals surface area contributed by atoms with Crippen LogP contribution in [0.2, 0.25) is 0 Å². The van der Waals surface area contributed by atoms with Crippen LogP contribution in [-0.4, -0.2) is 25.0 Å². The SMILES string of the molecule is COC(=O)C(CC(C)C)NC(=O)c1ccc(F)c(F)c1. The Morgan fingerprint density at radius 1 is 1.25 bits per heavy atom. The molecule has 6 heteroatoms. The first kappa shape index (κ1) is 16.1. The van der Waals surface area contributed by atoms with E-state index < -0.39 is 29.6 Å². The third kappa shape index (κ3) is 4.29. The van der Waals surface area contributed by atoms with Crippen molar-refractivity contribution >= 4 is 11.9 Å². The minimum Gasteiger partial charge on any atom is -0.467 e. The van der Waals surface area contributed by atoms with Gasteiger partial charge < -0.3 is 10.1 Å². The summed E-state index contributed by atoms with van der Waals surface area (Å²) >= 11 is 0. The summed E-state index contributed by atoms with van der Waals surface area (Å²) < 4.78 is 30.5. The summed E-state index contributed by atoms with van der Waals surface area (Å²) in [4.78, 5) is 23.5. The van der Waals surface area contributed by atoms with Crippen molar-refractivity contribution in [3.63, 3.8) is 0 Å². The number of nitrogens with one attached hydrogen (secondary N) is 1. The lowest BCUT2D eigenvalue weighted by Gasteiger charge is -2.18. The lowest BCUT2D eigenvalue weighted by molar-refractivity contribution is -0.143. The standard InChI is InChI=1S/C14H17F2NO3/c1-8(2)6-12(14(19)20-3)17-13(18)9-4-5-10(15)11(16)7-9/h4-5,7-8,12H,6H2,1-3H3,(H,17,18). The summed E-state index contributed by atoms with van der Waals surface area (Å²) in [5.74, 6) is -3.22. The van der Waals surface area contributed by atoms with Crippen molar-refractivity contribution in [2.45, 2.75) is 26.3 Å². The number of halogens is 2. The summed E-state index contributed by atoms with van der Waals surface area (Å²) in [6.07, 6.45) is 0.391. The third-order valence-electron chi connectivity index (χ3n) is 2.68. The number of carbonyl (C=O) groups is 2. The molecule has 1 atom stereocenters. The molecule has 110 valence electrons. The van der Waals surface area contributed by atoms with Gasteiger partial charge in [-0.1, -0.05) is 13.8 Å². The summed E-state index contributed by atoms with van der Waals surface area (Å²) in [5, 5.41) is 2.46. The van der Waals surface area contributed by atoms with Gasteiger partial charge in [0, 0.05) is 5.56 Å². The Labute approximate surface area is 116 Å². The van der Waals surface area contributed by atoms with Crippen LogP contribution >= 0.6 is 0 Å². The molecule has 1 unspecified atom stereocenters. The van der Waals surface area contributed by atoms with Gasteiger partial charge in [-0.15, -0.1) is 0 Å². The molecule has 1 N–H and O–H groups in total. The van der Waals surface area contributed by atoms with Gasteiger partial charge in [0.15, 0.2) is 11.6 Å². The zero-order valence-electron chi connectivity index (χ0n) is 11.6. The van der Waals surface area contributed by atoms with Crippen molar-refractivity contribution in [3.8, 4) is 0 Å². The van der Waals surface area contributed by atoms with Crippen LogP contribution in [0.15, 0.2) is 18.2 Å². The first-order chi connectivity index (χ1) is 9.35. The van der Waals surface area contributed by atoms with E-state index in [1.807, 2.05) is 13.8 Å². The molecule has 0 aliphatic rings. The van der Waals surface area contributed by atoms with E-state index in [2.05, 4.69) is 10.1 Å². The largest absolute Gasteiger partial charge is 0.467 e. The smallest absolute Gasteiger partial charge is 0.328 e. The number of ether oxygens (including phenoxy) is 1. The van der Waals surface area contributed by atoms with Crippen LogP contribution < -0.4 is 5.32 Å². The van der Waals surface area contributed by atoms with Crippen molar-refractivity contribution in [3.05, 3.63) is 35.4 Å². The highest BCUT2D eigenvalue weighted by molar-refractivity contribution is 5.96. The monoisotopic (exact) mass is 285 g/mol. The molecular weight excluding hydrogens is 268 g/mol. The molecule has 0 spiro atoms. The van der Waals surface area contributed by atoms with Crippen LogP contribution in [0.5, 0.6) is 0 Å². The molecule has 0 aromatic heterocycles. The van der Waals surface area contributed by atoms with Crippen LogP contribution in [-0.2, 0) is 9.53 Å². The zero-order chi connectivity index (χ0) is 15.3. The number of methoxy groups -OCH3 is 1. The van der Waals surface area contributed by atoms with Gasteiger partial charge in [0.25, 0.3) is 5.91 Å². The molecule has 20 heavy (non-hydrogen) atoms. The van der Waals surface area contributed by atoms with E-state index in [9.17, 15) is 18.4 Å². The molecule has 1 aromatic rings. The predicted octanol–water partition coefficient (Wildman–Crippen LogP) is 2.28. The van der Waals surface area contributed by atoms with E-state index in [-0.39, 0.29) is 11.5 Å². The predicted molar refractivity (Wildman–Crippen MR) is 69.1 cm³/mol. The van der Waals surface area contributed by atoms with Crippen molar-refractivity contribution in [1.82, 2.24) is 5.32 Å². The second-order valence-electron chi connectivity index (χ2n) is 4.81. The number of rotatable bonds is 5. The molecule has 1 aromatic carbocycles. The van der Waals surface area contributed by atoms with Crippen LogP contribution in [0.4, 0.5) is 8.78 Å². The maximum Gasteiger partial charge on any atom is 0.328 e. The second-order valence-corrected chi connectivity index (χ2v) is 4.81. The average Bonchev–Trinajstić information content (AvgIpc) is 2.39. The Morgan fingerprint density at radius 2 is 1.90 bits per heavy atom. The van der Waals surface area contributed by atoms with Crippen LogP contribution in [0.25, 0.3) is 0 Å². The number of hydrogen-bond donors (Lipinski definition) is 1. The Bertz CT molecular complexity index is 503. The Kier molecular flexibility index (Phi) is 5.61. The van der Waals surface area contributed by atoms with E-state index in [1.165, 1.54) is 7.11 Å².